The molecule has 78 valence electrons. The highest BCUT2D eigenvalue weighted by atomic mass is 16.2. The van der Waals surface area contributed by atoms with E-state index in [9.17, 15) is 4.79 Å². The van der Waals surface area contributed by atoms with Crippen molar-refractivity contribution in [2.75, 3.05) is 5.32 Å². The summed E-state index contributed by atoms with van der Waals surface area (Å²) in [5, 5.41) is 6.31. The van der Waals surface area contributed by atoms with Crippen molar-refractivity contribution in [3.8, 4) is 0 Å². The SMILES string of the molecule is C/C=C/C=NNC(=O)Nc1ccccc1. The molecule has 0 aliphatic rings. The molecule has 2 N–H and O–H groups in total. The summed E-state index contributed by atoms with van der Waals surface area (Å²) in [5.74, 6) is 0. The van der Waals surface area contributed by atoms with Gasteiger partial charge in [0, 0.05) is 11.9 Å². The molecule has 0 aliphatic heterocycles. The lowest BCUT2D eigenvalue weighted by molar-refractivity contribution is 0.252. The Labute approximate surface area is 88.7 Å². The Hall–Kier alpha value is -2.10. The van der Waals surface area contributed by atoms with Gasteiger partial charge in [-0.2, -0.15) is 5.10 Å². The van der Waals surface area contributed by atoms with Crippen LogP contribution in [0, 0.1) is 0 Å². The summed E-state index contributed by atoms with van der Waals surface area (Å²) in [4.78, 5) is 11.2. The number of nitrogens with zero attached hydrogens (tertiary/aromatic N) is 1. The van der Waals surface area contributed by atoms with Gasteiger partial charge in [-0.05, 0) is 25.1 Å². The Morgan fingerprint density at radius 2 is 2.07 bits per heavy atom. The van der Waals surface area contributed by atoms with E-state index in [1.807, 2.05) is 31.2 Å². The van der Waals surface area contributed by atoms with Crippen molar-refractivity contribution in [3.63, 3.8) is 0 Å². The molecule has 0 spiro atoms. The zero-order valence-corrected chi connectivity index (χ0v) is 8.47. The van der Waals surface area contributed by atoms with E-state index in [0.717, 1.165) is 5.69 Å². The van der Waals surface area contributed by atoms with Gasteiger partial charge in [-0.3, -0.25) is 0 Å². The third-order valence-electron chi connectivity index (χ3n) is 1.55. The number of anilines is 1. The summed E-state index contributed by atoms with van der Waals surface area (Å²) in [5.41, 5.74) is 3.07. The van der Waals surface area contributed by atoms with Crippen molar-refractivity contribution in [2.24, 2.45) is 5.10 Å². The largest absolute Gasteiger partial charge is 0.339 e. The van der Waals surface area contributed by atoms with E-state index in [-0.39, 0.29) is 6.03 Å². The number of rotatable bonds is 3. The number of hydrogen-bond acceptors (Lipinski definition) is 2. The highest BCUT2D eigenvalue weighted by Crippen LogP contribution is 2.03. The number of urea groups is 1. The number of allylic oxidation sites excluding steroid dienone is 2. The van der Waals surface area contributed by atoms with Gasteiger partial charge < -0.3 is 5.32 Å². The number of carbonyl (C=O) groups excluding carboxylic acids is 1. The number of hydrazone groups is 1. The molecule has 4 heteroatoms. The molecule has 0 fully saturated rings. The zero-order valence-electron chi connectivity index (χ0n) is 8.47. The predicted molar refractivity (Wildman–Crippen MR) is 61.9 cm³/mol. The van der Waals surface area contributed by atoms with Crippen molar-refractivity contribution >= 4 is 17.9 Å². The van der Waals surface area contributed by atoms with Gasteiger partial charge >= 0.3 is 6.03 Å². The molecule has 1 aromatic carbocycles. The Bertz CT molecular complexity index is 357. The van der Waals surface area contributed by atoms with Crippen molar-refractivity contribution in [1.82, 2.24) is 5.43 Å². The summed E-state index contributed by atoms with van der Waals surface area (Å²) in [7, 11) is 0. The van der Waals surface area contributed by atoms with Gasteiger partial charge in [0.1, 0.15) is 0 Å². The fourth-order valence-corrected chi connectivity index (χ4v) is 0.906. The molecule has 0 heterocycles. The van der Waals surface area contributed by atoms with Gasteiger partial charge in [0.15, 0.2) is 0 Å². The normalized spacial score (nSPS) is 10.7. The summed E-state index contributed by atoms with van der Waals surface area (Å²) in [6, 6.07) is 8.82. The van der Waals surface area contributed by atoms with Gasteiger partial charge in [0.2, 0.25) is 0 Å². The van der Waals surface area contributed by atoms with E-state index < -0.39 is 0 Å². The first-order valence-electron chi connectivity index (χ1n) is 4.59. The minimum atomic E-state index is -0.359. The van der Waals surface area contributed by atoms with Gasteiger partial charge in [-0.15, -0.1) is 0 Å². The van der Waals surface area contributed by atoms with Gasteiger partial charge in [0.25, 0.3) is 0 Å². The maximum Gasteiger partial charge on any atom is 0.339 e. The van der Waals surface area contributed by atoms with Crippen molar-refractivity contribution in [3.05, 3.63) is 42.5 Å². The molecule has 1 rings (SSSR count). The minimum Gasteiger partial charge on any atom is -0.307 e. The molecule has 0 atom stereocenters. The molecule has 0 bridgehead atoms. The smallest absolute Gasteiger partial charge is 0.307 e. The predicted octanol–water partition coefficient (Wildman–Crippen LogP) is 2.37. The zero-order chi connectivity index (χ0) is 10.9. The van der Waals surface area contributed by atoms with Crippen LogP contribution < -0.4 is 10.7 Å². The summed E-state index contributed by atoms with van der Waals surface area (Å²) in [6.07, 6.45) is 5.05. The first-order chi connectivity index (χ1) is 7.33. The number of hydrogen-bond donors (Lipinski definition) is 2. The van der Waals surface area contributed by atoms with Crippen molar-refractivity contribution in [2.45, 2.75) is 6.92 Å². The molecule has 15 heavy (non-hydrogen) atoms. The molecule has 0 unspecified atom stereocenters. The fourth-order valence-electron chi connectivity index (χ4n) is 0.906. The topological polar surface area (TPSA) is 53.5 Å². The van der Waals surface area contributed by atoms with E-state index in [1.165, 1.54) is 6.21 Å². The van der Waals surface area contributed by atoms with Crippen LogP contribution in [0.15, 0.2) is 47.6 Å². The maximum atomic E-state index is 11.2. The first-order valence-corrected chi connectivity index (χ1v) is 4.59. The second-order valence-corrected chi connectivity index (χ2v) is 2.74. The highest BCUT2D eigenvalue weighted by Gasteiger charge is 1.96. The number of benzene rings is 1. The van der Waals surface area contributed by atoms with Gasteiger partial charge in [0.05, 0.1) is 0 Å². The summed E-state index contributed by atoms with van der Waals surface area (Å²) < 4.78 is 0. The van der Waals surface area contributed by atoms with E-state index in [2.05, 4.69) is 15.8 Å². The molecule has 0 saturated heterocycles. The highest BCUT2D eigenvalue weighted by molar-refractivity contribution is 5.89. The van der Waals surface area contributed by atoms with Crippen LogP contribution in [0.2, 0.25) is 0 Å². The Balaban J connectivity index is 2.37. The van der Waals surface area contributed by atoms with Crippen LogP contribution >= 0.6 is 0 Å². The molecule has 1 aromatic rings. The van der Waals surface area contributed by atoms with Crippen LogP contribution in [-0.2, 0) is 0 Å². The molecule has 4 nitrogen and oxygen atoms in total. The minimum absolute atomic E-state index is 0.359. The second-order valence-electron chi connectivity index (χ2n) is 2.74. The Kier molecular flexibility index (Phi) is 4.66. The van der Waals surface area contributed by atoms with Crippen LogP contribution in [0.4, 0.5) is 10.5 Å². The van der Waals surface area contributed by atoms with E-state index in [0.29, 0.717) is 0 Å². The molecular weight excluding hydrogens is 190 g/mol. The molecule has 2 amide bonds. The van der Waals surface area contributed by atoms with E-state index in [4.69, 9.17) is 0 Å². The second kappa shape index (κ2) is 6.37. The average molecular weight is 203 g/mol. The number of carbonyl (C=O) groups is 1. The third kappa shape index (κ3) is 4.61. The fraction of sp³-hybridized carbons (Fsp3) is 0.0909. The first kappa shape index (κ1) is 11.0. The summed E-state index contributed by atoms with van der Waals surface area (Å²) >= 11 is 0. The lowest BCUT2D eigenvalue weighted by atomic mass is 10.3. The van der Waals surface area contributed by atoms with E-state index in [1.54, 1.807) is 18.2 Å². The van der Waals surface area contributed by atoms with Gasteiger partial charge in [-0.25, -0.2) is 10.2 Å². The van der Waals surface area contributed by atoms with Crippen LogP contribution in [0.25, 0.3) is 0 Å². The summed E-state index contributed by atoms with van der Waals surface area (Å²) in [6.45, 7) is 1.87. The quantitative estimate of drug-likeness (QED) is 0.575. The van der Waals surface area contributed by atoms with Crippen molar-refractivity contribution in [1.29, 1.82) is 0 Å². The number of nitrogens with one attached hydrogen (secondary N) is 2. The van der Waals surface area contributed by atoms with Crippen LogP contribution in [0.3, 0.4) is 0 Å². The lowest BCUT2D eigenvalue weighted by Crippen LogP contribution is -2.23. The number of para-hydroxylation sites is 1. The molecule has 0 radical (unpaired) electrons. The molecule has 0 aliphatic carbocycles. The standard InChI is InChI=1S/C11H13N3O/c1-2-3-9-12-14-11(15)13-10-7-5-4-6-8-10/h2-9H,1H3,(H2,13,14,15)/b3-2+,12-9?. The Morgan fingerprint density at radius 1 is 1.33 bits per heavy atom. The molecule has 0 aromatic heterocycles. The maximum absolute atomic E-state index is 11.2. The van der Waals surface area contributed by atoms with E-state index >= 15 is 0 Å². The molecule has 0 saturated carbocycles. The van der Waals surface area contributed by atoms with Crippen molar-refractivity contribution < 1.29 is 4.79 Å². The molecular formula is C11H13N3O. The van der Waals surface area contributed by atoms with Crippen LogP contribution in [-0.4, -0.2) is 12.2 Å². The lowest BCUT2D eigenvalue weighted by Gasteiger charge is -2.02. The van der Waals surface area contributed by atoms with Crippen LogP contribution in [0.5, 0.6) is 0 Å². The third-order valence-corrected chi connectivity index (χ3v) is 1.55. The average Bonchev–Trinajstić information content (AvgIpc) is 2.26. The van der Waals surface area contributed by atoms with Gasteiger partial charge in [-0.1, -0.05) is 24.3 Å². The van der Waals surface area contributed by atoms with Crippen LogP contribution in [0.1, 0.15) is 6.92 Å². The Morgan fingerprint density at radius 3 is 2.73 bits per heavy atom. The monoisotopic (exact) mass is 203 g/mol. The number of amides is 2.